The Morgan fingerprint density at radius 1 is 1.64 bits per heavy atom. The van der Waals surface area contributed by atoms with Crippen molar-refractivity contribution in [1.82, 2.24) is 5.32 Å². The predicted octanol–water partition coefficient (Wildman–Crippen LogP) is 0.211. The molecule has 0 bridgehead atoms. The third-order valence-corrected chi connectivity index (χ3v) is 3.76. The lowest BCUT2D eigenvalue weighted by Crippen LogP contribution is -2.16. The molecule has 0 heterocycles. The maximum atomic E-state index is 11.1. The lowest BCUT2D eigenvalue weighted by molar-refractivity contribution is 0.597. The Kier molecular flexibility index (Phi) is 6.32. The topological polar surface area (TPSA) is 82.3 Å². The van der Waals surface area contributed by atoms with Gasteiger partial charge >= 0.3 is 0 Å². The van der Waals surface area contributed by atoms with Gasteiger partial charge in [-0.1, -0.05) is 18.7 Å². The van der Waals surface area contributed by atoms with Gasteiger partial charge in [0.05, 0.1) is 12.3 Å². The molecule has 0 fully saturated rings. The lowest BCUT2D eigenvalue weighted by atomic mass is 10.8. The van der Waals surface area contributed by atoms with Gasteiger partial charge in [0, 0.05) is 5.75 Å². The molecular weight excluding hydrogens is 222 g/mol. The van der Waals surface area contributed by atoms with Gasteiger partial charge in [0.2, 0.25) is 0 Å². The van der Waals surface area contributed by atoms with Crippen molar-refractivity contribution in [3.8, 4) is 6.19 Å². The van der Waals surface area contributed by atoms with E-state index in [4.69, 9.17) is 5.26 Å². The summed E-state index contributed by atoms with van der Waals surface area (Å²) < 4.78 is 22.1. The van der Waals surface area contributed by atoms with Crippen LogP contribution in [0.2, 0.25) is 0 Å². The van der Waals surface area contributed by atoms with Crippen molar-refractivity contribution in [3.05, 3.63) is 0 Å². The van der Waals surface area contributed by atoms with Gasteiger partial charge in [0.15, 0.2) is 21.2 Å². The number of thioether (sulfide) groups is 1. The molecular formula is C7H13N3O2S2. The molecule has 0 spiro atoms. The fourth-order valence-electron chi connectivity index (χ4n) is 0.634. The van der Waals surface area contributed by atoms with Crippen molar-refractivity contribution in [2.24, 2.45) is 4.99 Å². The summed E-state index contributed by atoms with van der Waals surface area (Å²) in [5, 5.41) is 11.1. The molecule has 0 aromatic carbocycles. The van der Waals surface area contributed by atoms with Crippen molar-refractivity contribution in [3.63, 3.8) is 0 Å². The number of rotatable bonds is 4. The molecule has 0 atom stereocenters. The van der Waals surface area contributed by atoms with Crippen LogP contribution >= 0.6 is 11.8 Å². The number of nitrogens with one attached hydrogen (secondary N) is 1. The number of hydrogen-bond acceptors (Lipinski definition) is 5. The first-order valence-electron chi connectivity index (χ1n) is 3.99. The Labute approximate surface area is 88.5 Å². The highest BCUT2D eigenvalue weighted by atomic mass is 32.2. The van der Waals surface area contributed by atoms with Crippen molar-refractivity contribution in [2.45, 2.75) is 6.92 Å². The highest BCUT2D eigenvalue weighted by Crippen LogP contribution is 1.96. The van der Waals surface area contributed by atoms with Crippen LogP contribution in [-0.2, 0) is 9.84 Å². The summed E-state index contributed by atoms with van der Waals surface area (Å²) in [7, 11) is -2.97. The fraction of sp³-hybridized carbons (Fsp3) is 0.714. The van der Waals surface area contributed by atoms with E-state index in [-0.39, 0.29) is 18.1 Å². The molecule has 0 aliphatic heterocycles. The molecule has 14 heavy (non-hydrogen) atoms. The maximum absolute atomic E-state index is 11.1. The first-order chi connectivity index (χ1) is 6.55. The van der Waals surface area contributed by atoms with E-state index >= 15 is 0 Å². The first kappa shape index (κ1) is 13.3. The Morgan fingerprint density at radius 2 is 2.29 bits per heavy atom. The van der Waals surface area contributed by atoms with Crippen LogP contribution in [-0.4, -0.2) is 37.9 Å². The molecule has 0 unspecified atom stereocenters. The van der Waals surface area contributed by atoms with Gasteiger partial charge in [0.1, 0.15) is 0 Å². The Balaban J connectivity index is 4.10. The fourth-order valence-corrected chi connectivity index (χ4v) is 1.66. The van der Waals surface area contributed by atoms with E-state index in [1.54, 1.807) is 19.4 Å². The maximum Gasteiger partial charge on any atom is 0.183 e. The van der Waals surface area contributed by atoms with E-state index in [0.717, 1.165) is 0 Å². The first-order valence-corrected chi connectivity index (χ1v) is 7.04. The molecule has 0 aliphatic carbocycles. The molecule has 0 amide bonds. The van der Waals surface area contributed by atoms with Gasteiger partial charge in [-0.2, -0.15) is 5.26 Å². The minimum absolute atomic E-state index is 0.0284. The quantitative estimate of drug-likeness (QED) is 0.326. The van der Waals surface area contributed by atoms with Gasteiger partial charge in [-0.3, -0.25) is 10.3 Å². The minimum atomic E-state index is -2.97. The van der Waals surface area contributed by atoms with Crippen LogP contribution in [0.5, 0.6) is 0 Å². The average Bonchev–Trinajstić information content (AvgIpc) is 2.16. The van der Waals surface area contributed by atoms with E-state index in [2.05, 4.69) is 10.3 Å². The normalized spacial score (nSPS) is 12.2. The minimum Gasteiger partial charge on any atom is -0.272 e. The molecule has 0 rings (SSSR count). The molecule has 0 saturated carbocycles. The summed E-state index contributed by atoms with van der Waals surface area (Å²) in [4.78, 5) is 3.93. The molecule has 5 nitrogen and oxygen atoms in total. The van der Waals surface area contributed by atoms with Crippen molar-refractivity contribution >= 4 is 26.8 Å². The zero-order valence-corrected chi connectivity index (χ0v) is 9.78. The summed E-state index contributed by atoms with van der Waals surface area (Å²) >= 11 is 1.27. The molecule has 1 N–H and O–H groups in total. The monoisotopic (exact) mass is 235 g/mol. The predicted molar refractivity (Wildman–Crippen MR) is 58.9 cm³/mol. The highest BCUT2D eigenvalue weighted by molar-refractivity contribution is 8.13. The average molecular weight is 235 g/mol. The Morgan fingerprint density at radius 3 is 2.71 bits per heavy atom. The third kappa shape index (κ3) is 5.83. The number of sulfone groups is 1. The van der Waals surface area contributed by atoms with Crippen LogP contribution in [0.4, 0.5) is 0 Å². The van der Waals surface area contributed by atoms with E-state index < -0.39 is 9.84 Å². The number of nitriles is 1. The van der Waals surface area contributed by atoms with Crippen LogP contribution in [0, 0.1) is 11.5 Å². The standard InChI is InChI=1S/C7H13N3O2S2/c1-3-14(11,12)5-4-9-7(13-2)10-6-8/h3-5H2,1-2H3,(H,9,10). The second kappa shape index (κ2) is 6.68. The summed E-state index contributed by atoms with van der Waals surface area (Å²) in [6.45, 7) is 1.79. The summed E-state index contributed by atoms with van der Waals surface area (Å²) in [6, 6.07) is 0. The molecule has 0 radical (unpaired) electrons. The highest BCUT2D eigenvalue weighted by Gasteiger charge is 2.05. The van der Waals surface area contributed by atoms with Crippen molar-refractivity contribution in [2.75, 3.05) is 24.3 Å². The summed E-state index contributed by atoms with van der Waals surface area (Å²) in [5.74, 6) is 0.156. The second-order valence-corrected chi connectivity index (χ2v) is 5.63. The zero-order valence-electron chi connectivity index (χ0n) is 8.15. The van der Waals surface area contributed by atoms with E-state index in [1.165, 1.54) is 11.8 Å². The third-order valence-electron chi connectivity index (χ3n) is 1.45. The van der Waals surface area contributed by atoms with Gasteiger partial charge in [0.25, 0.3) is 0 Å². The van der Waals surface area contributed by atoms with E-state index in [9.17, 15) is 8.42 Å². The summed E-state index contributed by atoms with van der Waals surface area (Å²) in [5.41, 5.74) is 0. The van der Waals surface area contributed by atoms with Gasteiger partial charge in [-0.05, 0) is 6.26 Å². The SMILES string of the molecule is CCS(=O)(=O)CCN=C(NC#N)SC. The molecule has 0 aromatic rings. The van der Waals surface area contributed by atoms with Crippen molar-refractivity contribution in [1.29, 1.82) is 5.26 Å². The van der Waals surface area contributed by atoms with E-state index in [0.29, 0.717) is 5.17 Å². The van der Waals surface area contributed by atoms with Gasteiger partial charge in [-0.15, -0.1) is 0 Å². The zero-order chi connectivity index (χ0) is 11.0. The van der Waals surface area contributed by atoms with Crippen LogP contribution in [0.3, 0.4) is 0 Å². The Hall–Kier alpha value is -0.740. The molecule has 0 aliphatic rings. The summed E-state index contributed by atoms with van der Waals surface area (Å²) in [6.07, 6.45) is 3.49. The molecule has 80 valence electrons. The number of nitrogens with zero attached hydrogens (tertiary/aromatic N) is 2. The van der Waals surface area contributed by atoms with Crippen LogP contribution in [0.15, 0.2) is 4.99 Å². The molecule has 7 heteroatoms. The van der Waals surface area contributed by atoms with Crippen molar-refractivity contribution < 1.29 is 8.42 Å². The van der Waals surface area contributed by atoms with Crippen LogP contribution < -0.4 is 5.32 Å². The smallest absolute Gasteiger partial charge is 0.183 e. The number of aliphatic imine (C=N–C) groups is 1. The lowest BCUT2D eigenvalue weighted by Gasteiger charge is -2.00. The second-order valence-electron chi connectivity index (χ2n) is 2.36. The number of hydrogen-bond donors (Lipinski definition) is 1. The van der Waals surface area contributed by atoms with Crippen LogP contribution in [0.25, 0.3) is 0 Å². The largest absolute Gasteiger partial charge is 0.272 e. The number of amidine groups is 1. The Bertz CT molecular complexity index is 329. The molecule has 0 aromatic heterocycles. The van der Waals surface area contributed by atoms with E-state index in [1.807, 2.05) is 0 Å². The molecule has 0 saturated heterocycles. The van der Waals surface area contributed by atoms with Gasteiger partial charge < -0.3 is 0 Å². The van der Waals surface area contributed by atoms with Crippen LogP contribution in [0.1, 0.15) is 6.92 Å². The van der Waals surface area contributed by atoms with Gasteiger partial charge in [-0.25, -0.2) is 8.42 Å².